The van der Waals surface area contributed by atoms with E-state index in [4.69, 9.17) is 21.4 Å². The van der Waals surface area contributed by atoms with Crippen molar-refractivity contribution in [3.05, 3.63) is 87.7 Å². The smallest absolute Gasteiger partial charge is 0.261 e. The Morgan fingerprint density at radius 1 is 1.06 bits per heavy atom. The molecule has 1 saturated heterocycles. The lowest BCUT2D eigenvalue weighted by atomic mass is 10.1. The molecular weight excluding hydrogens is 472 g/mol. The van der Waals surface area contributed by atoms with Crippen molar-refractivity contribution in [2.24, 2.45) is 0 Å². The van der Waals surface area contributed by atoms with Crippen LogP contribution in [0.5, 0.6) is 0 Å². The fourth-order valence-electron chi connectivity index (χ4n) is 3.79. The van der Waals surface area contributed by atoms with Crippen LogP contribution in [0.3, 0.4) is 0 Å². The third kappa shape index (κ3) is 4.75. The molecule has 2 amide bonds. The van der Waals surface area contributed by atoms with Crippen molar-refractivity contribution in [2.75, 3.05) is 24.7 Å². The molecule has 4 aromatic rings. The highest BCUT2D eigenvalue weighted by Gasteiger charge is 2.20. The molecule has 172 valence electrons. The summed E-state index contributed by atoms with van der Waals surface area (Å²) >= 11 is 7.21. The molecule has 7 nitrogen and oxygen atoms in total. The Kier molecular flexibility index (Phi) is 6.44. The molecule has 1 aliphatic rings. The standard InChI is InChI=1S/C25H21ClN4O3S/c26-22-11-10-21(34-22)25(32)27-14-18-15-30(28-24(18)17-4-2-1-3-5-17)20-8-6-19(7-9-20)29-12-13-33-16-23(29)31/h1-11,15H,12-14,16H2,(H,27,32). The maximum Gasteiger partial charge on any atom is 0.261 e. The number of ether oxygens (including phenoxy) is 1. The van der Waals surface area contributed by atoms with Crippen molar-refractivity contribution in [3.8, 4) is 16.9 Å². The first-order valence-corrected chi connectivity index (χ1v) is 11.9. The largest absolute Gasteiger partial charge is 0.370 e. The average molecular weight is 493 g/mol. The van der Waals surface area contributed by atoms with Crippen molar-refractivity contribution in [1.29, 1.82) is 0 Å². The summed E-state index contributed by atoms with van der Waals surface area (Å²) in [6.07, 6.45) is 1.92. The van der Waals surface area contributed by atoms with Gasteiger partial charge < -0.3 is 15.0 Å². The highest BCUT2D eigenvalue weighted by molar-refractivity contribution is 7.18. The van der Waals surface area contributed by atoms with E-state index in [-0.39, 0.29) is 18.4 Å². The number of morpholine rings is 1. The minimum absolute atomic E-state index is 0.0468. The van der Waals surface area contributed by atoms with Crippen LogP contribution in [-0.2, 0) is 16.1 Å². The number of anilines is 1. The van der Waals surface area contributed by atoms with Crippen LogP contribution >= 0.6 is 22.9 Å². The molecule has 34 heavy (non-hydrogen) atoms. The zero-order chi connectivity index (χ0) is 23.5. The number of carbonyl (C=O) groups excluding carboxylic acids is 2. The molecule has 0 radical (unpaired) electrons. The Morgan fingerprint density at radius 2 is 1.82 bits per heavy atom. The Hall–Kier alpha value is -3.46. The fraction of sp³-hybridized carbons (Fsp3) is 0.160. The van der Waals surface area contributed by atoms with Gasteiger partial charge in [-0.1, -0.05) is 41.9 Å². The minimum Gasteiger partial charge on any atom is -0.370 e. The first-order valence-electron chi connectivity index (χ1n) is 10.7. The summed E-state index contributed by atoms with van der Waals surface area (Å²) in [4.78, 5) is 27.0. The van der Waals surface area contributed by atoms with E-state index in [0.717, 1.165) is 28.2 Å². The molecule has 5 rings (SSSR count). The quantitative estimate of drug-likeness (QED) is 0.428. The van der Waals surface area contributed by atoms with Crippen molar-refractivity contribution in [2.45, 2.75) is 6.54 Å². The summed E-state index contributed by atoms with van der Waals surface area (Å²) in [6.45, 7) is 1.49. The maximum atomic E-state index is 12.5. The maximum absolute atomic E-state index is 12.5. The van der Waals surface area contributed by atoms with Crippen molar-refractivity contribution in [3.63, 3.8) is 0 Å². The lowest BCUT2D eigenvalue weighted by Crippen LogP contribution is -2.41. The molecule has 0 atom stereocenters. The number of benzene rings is 2. The van der Waals surface area contributed by atoms with Gasteiger partial charge in [0.15, 0.2) is 0 Å². The Morgan fingerprint density at radius 3 is 2.53 bits per heavy atom. The molecule has 1 aliphatic heterocycles. The van der Waals surface area contributed by atoms with Crippen LogP contribution in [0.1, 0.15) is 15.2 Å². The van der Waals surface area contributed by atoms with Gasteiger partial charge in [-0.2, -0.15) is 5.10 Å². The van der Waals surface area contributed by atoms with Gasteiger partial charge in [0.2, 0.25) is 0 Å². The molecule has 2 aromatic heterocycles. The molecule has 9 heteroatoms. The molecule has 0 unspecified atom stereocenters. The number of thiophene rings is 1. The monoisotopic (exact) mass is 492 g/mol. The highest BCUT2D eigenvalue weighted by Crippen LogP contribution is 2.26. The number of rotatable bonds is 6. The number of nitrogens with one attached hydrogen (secondary N) is 1. The van der Waals surface area contributed by atoms with Crippen LogP contribution in [0.4, 0.5) is 5.69 Å². The van der Waals surface area contributed by atoms with Crippen LogP contribution in [-0.4, -0.2) is 41.4 Å². The van der Waals surface area contributed by atoms with Crippen LogP contribution in [0, 0.1) is 0 Å². The van der Waals surface area contributed by atoms with Crippen molar-refractivity contribution in [1.82, 2.24) is 15.1 Å². The van der Waals surface area contributed by atoms with Crippen molar-refractivity contribution < 1.29 is 14.3 Å². The van der Waals surface area contributed by atoms with Crippen molar-refractivity contribution >= 4 is 40.4 Å². The lowest BCUT2D eigenvalue weighted by Gasteiger charge is -2.26. The lowest BCUT2D eigenvalue weighted by molar-refractivity contribution is -0.125. The molecule has 0 aliphatic carbocycles. The molecule has 1 N–H and O–H groups in total. The zero-order valence-electron chi connectivity index (χ0n) is 18.1. The normalized spacial score (nSPS) is 13.8. The van der Waals surface area contributed by atoms with E-state index in [1.165, 1.54) is 11.3 Å². The Labute approximate surface area is 205 Å². The summed E-state index contributed by atoms with van der Waals surface area (Å²) < 4.78 is 7.58. The molecule has 0 spiro atoms. The number of halogens is 1. The van der Waals surface area contributed by atoms with E-state index in [9.17, 15) is 9.59 Å². The summed E-state index contributed by atoms with van der Waals surface area (Å²) in [5.74, 6) is -0.224. The molecule has 0 saturated carbocycles. The molecular formula is C25H21ClN4O3S. The fourth-order valence-corrected chi connectivity index (χ4v) is 4.75. The van der Waals surface area contributed by atoms with Crippen LogP contribution in [0.15, 0.2) is 72.9 Å². The van der Waals surface area contributed by atoms with Gasteiger partial charge >= 0.3 is 0 Å². The third-order valence-electron chi connectivity index (χ3n) is 5.49. The second-order valence-electron chi connectivity index (χ2n) is 7.71. The molecule has 0 bridgehead atoms. The second-order valence-corrected chi connectivity index (χ2v) is 9.43. The predicted molar refractivity (Wildman–Crippen MR) is 133 cm³/mol. The van der Waals surface area contributed by atoms with Gasteiger partial charge in [-0.25, -0.2) is 4.68 Å². The topological polar surface area (TPSA) is 76.5 Å². The van der Waals surface area contributed by atoms with Gasteiger partial charge in [0.05, 0.1) is 27.2 Å². The molecule has 1 fully saturated rings. The number of hydrogen-bond donors (Lipinski definition) is 1. The van der Waals surface area contributed by atoms with Gasteiger partial charge in [-0.3, -0.25) is 9.59 Å². The summed E-state index contributed by atoms with van der Waals surface area (Å²) in [5, 5.41) is 7.77. The van der Waals surface area contributed by atoms with Crippen LogP contribution in [0.2, 0.25) is 4.34 Å². The summed E-state index contributed by atoms with van der Waals surface area (Å²) in [6, 6.07) is 20.9. The predicted octanol–water partition coefficient (Wildman–Crippen LogP) is 4.55. The van der Waals surface area contributed by atoms with Gasteiger partial charge in [0.25, 0.3) is 11.8 Å². The number of aromatic nitrogens is 2. The zero-order valence-corrected chi connectivity index (χ0v) is 19.7. The first kappa shape index (κ1) is 22.3. The average Bonchev–Trinajstić information content (AvgIpc) is 3.50. The number of amides is 2. The Balaban J connectivity index is 1.41. The van der Waals surface area contributed by atoms with Gasteiger partial charge in [0, 0.05) is 36.1 Å². The first-order chi connectivity index (χ1) is 16.6. The number of carbonyl (C=O) groups is 2. The third-order valence-corrected chi connectivity index (χ3v) is 6.72. The van der Waals surface area contributed by atoms with E-state index in [1.54, 1.807) is 21.7 Å². The highest BCUT2D eigenvalue weighted by atomic mass is 35.5. The van der Waals surface area contributed by atoms with Gasteiger partial charge in [0.1, 0.15) is 6.61 Å². The number of nitrogens with zero attached hydrogens (tertiary/aromatic N) is 3. The minimum atomic E-state index is -0.178. The van der Waals surface area contributed by atoms with E-state index >= 15 is 0 Å². The van der Waals surface area contributed by atoms with Gasteiger partial charge in [-0.05, 0) is 36.4 Å². The summed E-state index contributed by atoms with van der Waals surface area (Å²) in [7, 11) is 0. The Bertz CT molecular complexity index is 1320. The molecule has 3 heterocycles. The van der Waals surface area contributed by atoms with Crippen LogP contribution in [0.25, 0.3) is 16.9 Å². The van der Waals surface area contributed by atoms with E-state index in [0.29, 0.717) is 28.9 Å². The molecule has 2 aromatic carbocycles. The van der Waals surface area contributed by atoms with Gasteiger partial charge in [-0.15, -0.1) is 11.3 Å². The SMILES string of the molecule is O=C(NCc1cn(-c2ccc(N3CCOCC3=O)cc2)nc1-c1ccccc1)c1ccc(Cl)s1. The number of hydrogen-bond acceptors (Lipinski definition) is 5. The van der Waals surface area contributed by atoms with E-state index in [1.807, 2.05) is 60.8 Å². The summed E-state index contributed by atoms with van der Waals surface area (Å²) in [5.41, 5.74) is 4.31. The van der Waals surface area contributed by atoms with E-state index in [2.05, 4.69) is 5.32 Å². The second kappa shape index (κ2) is 9.80. The van der Waals surface area contributed by atoms with Crippen LogP contribution < -0.4 is 10.2 Å². The van der Waals surface area contributed by atoms with E-state index < -0.39 is 0 Å².